The Morgan fingerprint density at radius 2 is 2.13 bits per heavy atom. The number of carbonyl (C=O) groups excluding carboxylic acids is 2. The van der Waals surface area contributed by atoms with Gasteiger partial charge in [-0.1, -0.05) is 0 Å². The molecule has 124 valence electrons. The van der Waals surface area contributed by atoms with Gasteiger partial charge in [0.2, 0.25) is 0 Å². The van der Waals surface area contributed by atoms with Crippen molar-refractivity contribution in [2.75, 3.05) is 19.0 Å². The highest BCUT2D eigenvalue weighted by atomic mass is 16.6. The van der Waals surface area contributed by atoms with Gasteiger partial charge in [-0.3, -0.25) is 19.7 Å². The number of nitrogens with zero attached hydrogens (tertiary/aromatic N) is 1. The van der Waals surface area contributed by atoms with E-state index >= 15 is 0 Å². The Morgan fingerprint density at radius 3 is 2.74 bits per heavy atom. The standard InChI is InChI=1S/C15H19N3O5/c1-23-14(19)3-2-8-16-15(20)10-4-7-12(17-11-5-6-11)13(9-10)18(21)22/h4,7,9,11,17H,2-3,5-6,8H2,1H3,(H,16,20). The summed E-state index contributed by atoms with van der Waals surface area (Å²) in [5.41, 5.74) is 0.537. The first-order valence-electron chi connectivity index (χ1n) is 7.41. The molecule has 0 aliphatic heterocycles. The topological polar surface area (TPSA) is 111 Å². The van der Waals surface area contributed by atoms with Crippen LogP contribution in [0, 0.1) is 10.1 Å². The lowest BCUT2D eigenvalue weighted by Gasteiger charge is -2.08. The summed E-state index contributed by atoms with van der Waals surface area (Å²) in [6.45, 7) is 0.295. The normalized spacial score (nSPS) is 13.3. The highest BCUT2D eigenvalue weighted by Gasteiger charge is 2.25. The molecule has 0 unspecified atom stereocenters. The number of hydrogen-bond acceptors (Lipinski definition) is 6. The minimum Gasteiger partial charge on any atom is -0.469 e. The summed E-state index contributed by atoms with van der Waals surface area (Å²) in [7, 11) is 1.30. The maximum absolute atomic E-state index is 12.0. The van der Waals surface area contributed by atoms with Crippen molar-refractivity contribution in [1.82, 2.24) is 5.32 Å². The molecule has 8 nitrogen and oxygen atoms in total. The second kappa shape index (κ2) is 7.57. The molecular weight excluding hydrogens is 302 g/mol. The number of anilines is 1. The van der Waals surface area contributed by atoms with Crippen molar-refractivity contribution in [3.05, 3.63) is 33.9 Å². The first kappa shape index (κ1) is 16.7. The van der Waals surface area contributed by atoms with Gasteiger partial charge in [-0.2, -0.15) is 0 Å². The van der Waals surface area contributed by atoms with Gasteiger partial charge in [-0.15, -0.1) is 0 Å². The second-order valence-corrected chi connectivity index (χ2v) is 5.34. The molecule has 1 aliphatic carbocycles. The number of nitrogens with one attached hydrogen (secondary N) is 2. The molecule has 0 atom stereocenters. The second-order valence-electron chi connectivity index (χ2n) is 5.34. The van der Waals surface area contributed by atoms with Crippen LogP contribution < -0.4 is 10.6 Å². The fourth-order valence-electron chi connectivity index (χ4n) is 2.03. The van der Waals surface area contributed by atoms with Crippen LogP contribution in [0.1, 0.15) is 36.0 Å². The van der Waals surface area contributed by atoms with E-state index in [2.05, 4.69) is 15.4 Å². The van der Waals surface area contributed by atoms with Gasteiger partial charge >= 0.3 is 5.97 Å². The quantitative estimate of drug-likeness (QED) is 0.327. The lowest BCUT2D eigenvalue weighted by atomic mass is 10.1. The van der Waals surface area contributed by atoms with Crippen molar-refractivity contribution in [3.8, 4) is 0 Å². The Kier molecular flexibility index (Phi) is 5.51. The SMILES string of the molecule is COC(=O)CCCNC(=O)c1ccc(NC2CC2)c([N+](=O)[O-])c1. The number of hydrogen-bond donors (Lipinski definition) is 2. The number of benzene rings is 1. The number of ether oxygens (including phenoxy) is 1. The molecule has 1 saturated carbocycles. The zero-order valence-electron chi connectivity index (χ0n) is 12.8. The molecule has 0 saturated heterocycles. The van der Waals surface area contributed by atoms with E-state index in [0.717, 1.165) is 12.8 Å². The predicted octanol–water partition coefficient (Wildman–Crippen LogP) is 1.85. The summed E-state index contributed by atoms with van der Waals surface area (Å²) in [6, 6.07) is 4.65. The van der Waals surface area contributed by atoms with E-state index in [4.69, 9.17) is 0 Å². The number of carbonyl (C=O) groups is 2. The molecule has 2 rings (SSSR count). The van der Waals surface area contributed by atoms with Crippen LogP contribution in [-0.4, -0.2) is 36.5 Å². The minimum atomic E-state index is -0.501. The van der Waals surface area contributed by atoms with Gasteiger partial charge < -0.3 is 15.4 Å². The summed E-state index contributed by atoms with van der Waals surface area (Å²) in [4.78, 5) is 33.6. The summed E-state index contributed by atoms with van der Waals surface area (Å²) in [6.07, 6.45) is 2.65. The number of nitro benzene ring substituents is 1. The van der Waals surface area contributed by atoms with Crippen LogP contribution >= 0.6 is 0 Å². The Labute approximate surface area is 133 Å². The van der Waals surface area contributed by atoms with Gasteiger partial charge in [0.05, 0.1) is 12.0 Å². The van der Waals surface area contributed by atoms with E-state index in [0.29, 0.717) is 18.7 Å². The third kappa shape index (κ3) is 4.94. The molecule has 0 heterocycles. The fraction of sp³-hybridized carbons (Fsp3) is 0.467. The number of nitro groups is 1. The van der Waals surface area contributed by atoms with Crippen LogP contribution in [0.15, 0.2) is 18.2 Å². The van der Waals surface area contributed by atoms with E-state index in [1.807, 2.05) is 0 Å². The summed E-state index contributed by atoms with van der Waals surface area (Å²) >= 11 is 0. The zero-order chi connectivity index (χ0) is 16.8. The summed E-state index contributed by atoms with van der Waals surface area (Å²) in [5, 5.41) is 16.9. The molecule has 1 aromatic rings. The largest absolute Gasteiger partial charge is 0.469 e. The fourth-order valence-corrected chi connectivity index (χ4v) is 2.03. The van der Waals surface area contributed by atoms with Gasteiger partial charge in [-0.25, -0.2) is 0 Å². The van der Waals surface area contributed by atoms with Crippen molar-refractivity contribution in [2.45, 2.75) is 31.7 Å². The Bertz CT molecular complexity index is 613. The monoisotopic (exact) mass is 321 g/mol. The average Bonchev–Trinajstić information content (AvgIpc) is 3.35. The van der Waals surface area contributed by atoms with E-state index in [-0.39, 0.29) is 29.7 Å². The first-order valence-corrected chi connectivity index (χ1v) is 7.41. The van der Waals surface area contributed by atoms with Gasteiger partial charge in [0, 0.05) is 30.6 Å². The van der Waals surface area contributed by atoms with Crippen LogP contribution in [0.3, 0.4) is 0 Å². The molecule has 23 heavy (non-hydrogen) atoms. The third-order valence-electron chi connectivity index (χ3n) is 3.46. The smallest absolute Gasteiger partial charge is 0.305 e. The minimum absolute atomic E-state index is 0.112. The molecular formula is C15H19N3O5. The van der Waals surface area contributed by atoms with E-state index < -0.39 is 10.8 Å². The number of amides is 1. The maximum atomic E-state index is 12.0. The van der Waals surface area contributed by atoms with E-state index in [1.54, 1.807) is 12.1 Å². The highest BCUT2D eigenvalue weighted by Crippen LogP contribution is 2.31. The molecule has 8 heteroatoms. The van der Waals surface area contributed by atoms with Crippen LogP contribution in [0.25, 0.3) is 0 Å². The van der Waals surface area contributed by atoms with Crippen LogP contribution in [0.5, 0.6) is 0 Å². The van der Waals surface area contributed by atoms with Crippen LogP contribution in [0.4, 0.5) is 11.4 Å². The average molecular weight is 321 g/mol. The van der Waals surface area contributed by atoms with Crippen LogP contribution in [-0.2, 0) is 9.53 Å². The lowest BCUT2D eigenvalue weighted by molar-refractivity contribution is -0.384. The summed E-state index contributed by atoms with van der Waals surface area (Å²) < 4.78 is 4.50. The highest BCUT2D eigenvalue weighted by molar-refractivity contribution is 5.95. The number of methoxy groups -OCH3 is 1. The first-order chi connectivity index (χ1) is 11.0. The molecule has 2 N–H and O–H groups in total. The molecule has 1 amide bonds. The molecule has 1 aromatic carbocycles. The number of esters is 1. The molecule has 0 radical (unpaired) electrons. The summed E-state index contributed by atoms with van der Waals surface area (Å²) in [5.74, 6) is -0.749. The van der Waals surface area contributed by atoms with E-state index in [1.165, 1.54) is 13.2 Å². The van der Waals surface area contributed by atoms with E-state index in [9.17, 15) is 19.7 Å². The van der Waals surface area contributed by atoms with Crippen molar-refractivity contribution < 1.29 is 19.2 Å². The molecule has 0 bridgehead atoms. The van der Waals surface area contributed by atoms with Crippen molar-refractivity contribution >= 4 is 23.3 Å². The zero-order valence-corrected chi connectivity index (χ0v) is 12.8. The van der Waals surface area contributed by atoms with Gasteiger partial charge in [-0.05, 0) is 31.4 Å². The van der Waals surface area contributed by atoms with Crippen molar-refractivity contribution in [2.24, 2.45) is 0 Å². The Morgan fingerprint density at radius 1 is 1.39 bits per heavy atom. The molecule has 0 aromatic heterocycles. The molecule has 1 aliphatic rings. The van der Waals surface area contributed by atoms with Crippen molar-refractivity contribution in [1.29, 1.82) is 0 Å². The predicted molar refractivity (Wildman–Crippen MR) is 83.3 cm³/mol. The maximum Gasteiger partial charge on any atom is 0.305 e. The van der Waals surface area contributed by atoms with Crippen LogP contribution in [0.2, 0.25) is 0 Å². The van der Waals surface area contributed by atoms with Gasteiger partial charge in [0.25, 0.3) is 11.6 Å². The Hall–Kier alpha value is -2.64. The number of rotatable bonds is 8. The van der Waals surface area contributed by atoms with Gasteiger partial charge in [0.1, 0.15) is 5.69 Å². The lowest BCUT2D eigenvalue weighted by Crippen LogP contribution is -2.25. The van der Waals surface area contributed by atoms with Crippen molar-refractivity contribution in [3.63, 3.8) is 0 Å². The van der Waals surface area contributed by atoms with Gasteiger partial charge in [0.15, 0.2) is 0 Å². The molecule has 0 spiro atoms. The molecule has 1 fully saturated rings. The third-order valence-corrected chi connectivity index (χ3v) is 3.46. The Balaban J connectivity index is 1.95.